The summed E-state index contributed by atoms with van der Waals surface area (Å²) < 4.78 is 54.6. The molecule has 2 aromatic carbocycles. The van der Waals surface area contributed by atoms with Crippen LogP contribution in [0, 0.1) is 0 Å². The van der Waals surface area contributed by atoms with E-state index in [0.29, 0.717) is 0 Å². The Bertz CT molecular complexity index is 1050. The molecule has 0 fully saturated rings. The highest BCUT2D eigenvalue weighted by molar-refractivity contribution is 6.32. The first-order valence-electron chi connectivity index (χ1n) is 9.01. The number of carbonyl (C=O) groups excluding carboxylic acids is 3. The molecule has 1 amide bonds. The van der Waals surface area contributed by atoms with Gasteiger partial charge >= 0.3 is 18.1 Å². The zero-order chi connectivity index (χ0) is 24.2. The summed E-state index contributed by atoms with van der Waals surface area (Å²) in [5.74, 6) is -2.26. The number of halogens is 4. The zero-order valence-electron chi connectivity index (χ0n) is 17.5. The van der Waals surface area contributed by atoms with Gasteiger partial charge < -0.3 is 19.1 Å². The maximum Gasteiger partial charge on any atom is 0.416 e. The van der Waals surface area contributed by atoms with Gasteiger partial charge in [0.05, 0.1) is 31.4 Å². The van der Waals surface area contributed by atoms with Crippen molar-refractivity contribution in [2.24, 2.45) is 0 Å². The van der Waals surface area contributed by atoms with Crippen molar-refractivity contribution < 1.29 is 41.8 Å². The van der Waals surface area contributed by atoms with Gasteiger partial charge in [0.2, 0.25) is 5.91 Å². The molecule has 0 N–H and O–H groups in total. The minimum absolute atomic E-state index is 0.00592. The van der Waals surface area contributed by atoms with Gasteiger partial charge in [-0.2, -0.15) is 13.2 Å². The maximum absolute atomic E-state index is 13.3. The smallest absolute Gasteiger partial charge is 0.416 e. The summed E-state index contributed by atoms with van der Waals surface area (Å²) in [6, 6.07) is 5.42. The summed E-state index contributed by atoms with van der Waals surface area (Å²) in [6.07, 6.45) is -4.67. The first kappa shape index (κ1) is 25.0. The second kappa shape index (κ2) is 9.90. The van der Waals surface area contributed by atoms with Crippen molar-refractivity contribution in [3.8, 4) is 11.5 Å². The van der Waals surface area contributed by atoms with E-state index in [9.17, 15) is 27.6 Å². The fraction of sp³-hybridized carbons (Fsp3) is 0.286. The quantitative estimate of drug-likeness (QED) is 0.449. The van der Waals surface area contributed by atoms with Gasteiger partial charge in [-0.05, 0) is 24.3 Å². The highest BCUT2D eigenvalue weighted by Crippen LogP contribution is 2.38. The number of ether oxygens (including phenoxy) is 3. The predicted molar refractivity (Wildman–Crippen MR) is 109 cm³/mol. The van der Waals surface area contributed by atoms with Crippen molar-refractivity contribution in [2.45, 2.75) is 26.6 Å². The van der Waals surface area contributed by atoms with Crippen molar-refractivity contribution in [1.29, 1.82) is 0 Å². The number of benzene rings is 2. The van der Waals surface area contributed by atoms with E-state index in [1.165, 1.54) is 32.2 Å². The Morgan fingerprint density at radius 2 is 1.72 bits per heavy atom. The lowest BCUT2D eigenvalue weighted by Crippen LogP contribution is -2.28. The molecular formula is C21H19ClF3NO6. The van der Waals surface area contributed by atoms with Crippen molar-refractivity contribution >= 4 is 35.1 Å². The maximum atomic E-state index is 13.3. The summed E-state index contributed by atoms with van der Waals surface area (Å²) in [5.41, 5.74) is -0.941. The molecule has 0 heterocycles. The lowest BCUT2D eigenvalue weighted by atomic mass is 10.1. The van der Waals surface area contributed by atoms with Crippen LogP contribution in [-0.2, 0) is 27.0 Å². The van der Waals surface area contributed by atoms with Crippen molar-refractivity contribution in [3.63, 3.8) is 0 Å². The van der Waals surface area contributed by atoms with Crippen molar-refractivity contribution in [2.75, 3.05) is 19.1 Å². The van der Waals surface area contributed by atoms with E-state index in [1.54, 1.807) is 0 Å². The Balaban J connectivity index is 2.59. The summed E-state index contributed by atoms with van der Waals surface area (Å²) in [4.78, 5) is 36.9. The molecule has 7 nitrogen and oxygen atoms in total. The molecule has 0 aromatic heterocycles. The SMILES string of the molecule is COC(=O)c1ccc(N(Cc2cc(C(F)(F)F)cc(Cl)c2OC)C(C)=O)cc1OC(C)=O. The van der Waals surface area contributed by atoms with Gasteiger partial charge in [0.15, 0.2) is 0 Å². The van der Waals surface area contributed by atoms with Crippen LogP contribution < -0.4 is 14.4 Å². The molecule has 0 atom stereocenters. The van der Waals surface area contributed by atoms with Gasteiger partial charge in [0.25, 0.3) is 0 Å². The van der Waals surface area contributed by atoms with Gasteiger partial charge in [-0.3, -0.25) is 9.59 Å². The fourth-order valence-corrected chi connectivity index (χ4v) is 3.23. The Labute approximate surface area is 186 Å². The third-order valence-corrected chi connectivity index (χ3v) is 4.58. The van der Waals surface area contributed by atoms with Crippen molar-refractivity contribution in [3.05, 3.63) is 52.0 Å². The van der Waals surface area contributed by atoms with Crippen LogP contribution in [0.25, 0.3) is 0 Å². The molecule has 0 radical (unpaired) electrons. The monoisotopic (exact) mass is 473 g/mol. The highest BCUT2D eigenvalue weighted by atomic mass is 35.5. The first-order chi connectivity index (χ1) is 14.9. The molecular weight excluding hydrogens is 455 g/mol. The number of anilines is 1. The van der Waals surface area contributed by atoms with Gasteiger partial charge in [0.1, 0.15) is 17.1 Å². The third-order valence-electron chi connectivity index (χ3n) is 4.30. The molecule has 0 bridgehead atoms. The average Bonchev–Trinajstić information content (AvgIpc) is 2.69. The Hall–Kier alpha value is -3.27. The zero-order valence-corrected chi connectivity index (χ0v) is 18.3. The molecule has 0 aliphatic heterocycles. The molecule has 172 valence electrons. The van der Waals surface area contributed by atoms with Crippen LogP contribution in [0.2, 0.25) is 5.02 Å². The summed E-state index contributed by atoms with van der Waals surface area (Å²) in [7, 11) is 2.37. The average molecular weight is 474 g/mol. The molecule has 2 rings (SSSR count). The summed E-state index contributed by atoms with van der Waals surface area (Å²) >= 11 is 5.97. The van der Waals surface area contributed by atoms with E-state index in [1.807, 2.05) is 0 Å². The second-order valence-electron chi connectivity index (χ2n) is 6.52. The third kappa shape index (κ3) is 5.70. The van der Waals surface area contributed by atoms with Crippen LogP contribution in [0.4, 0.5) is 18.9 Å². The summed E-state index contributed by atoms with van der Waals surface area (Å²) in [5, 5.41) is -0.275. The first-order valence-corrected chi connectivity index (χ1v) is 9.39. The molecule has 0 saturated heterocycles. The van der Waals surface area contributed by atoms with Crippen LogP contribution in [-0.4, -0.2) is 32.1 Å². The Morgan fingerprint density at radius 3 is 2.22 bits per heavy atom. The minimum Gasteiger partial charge on any atom is -0.495 e. The van der Waals surface area contributed by atoms with E-state index < -0.39 is 29.6 Å². The molecule has 0 unspecified atom stereocenters. The van der Waals surface area contributed by atoms with Crippen LogP contribution in [0.1, 0.15) is 35.3 Å². The number of alkyl halides is 3. The normalized spacial score (nSPS) is 11.0. The van der Waals surface area contributed by atoms with Gasteiger partial charge in [-0.15, -0.1) is 0 Å². The number of rotatable bonds is 6. The standard InChI is InChI=1S/C21H19ClF3NO6/c1-11(27)26(10-13-7-14(21(23,24)25)8-17(22)19(13)30-3)15-5-6-16(20(29)31-4)18(9-15)32-12(2)28/h5-9H,10H2,1-4H3. The van der Waals surface area contributed by atoms with E-state index >= 15 is 0 Å². The number of methoxy groups -OCH3 is 2. The molecule has 0 spiro atoms. The number of nitrogens with zero attached hydrogens (tertiary/aromatic N) is 1. The van der Waals surface area contributed by atoms with E-state index in [4.69, 9.17) is 21.1 Å². The largest absolute Gasteiger partial charge is 0.495 e. The Kier molecular flexibility index (Phi) is 7.73. The predicted octanol–water partition coefficient (Wildman–Crippen LogP) is 4.63. The topological polar surface area (TPSA) is 82.1 Å². The van der Waals surface area contributed by atoms with Crippen LogP contribution >= 0.6 is 11.6 Å². The molecule has 0 aliphatic rings. The van der Waals surface area contributed by atoms with Crippen LogP contribution in [0.15, 0.2) is 30.3 Å². The number of hydrogen-bond donors (Lipinski definition) is 0. The van der Waals surface area contributed by atoms with Gasteiger partial charge in [0, 0.05) is 31.2 Å². The van der Waals surface area contributed by atoms with E-state index in [0.717, 1.165) is 31.1 Å². The lowest BCUT2D eigenvalue weighted by Gasteiger charge is -2.24. The van der Waals surface area contributed by atoms with Gasteiger partial charge in [-0.25, -0.2) is 4.79 Å². The molecule has 11 heteroatoms. The number of carbonyl (C=O) groups is 3. The van der Waals surface area contributed by atoms with E-state index in [2.05, 4.69) is 4.74 Å². The number of esters is 2. The Morgan fingerprint density at radius 1 is 1.06 bits per heavy atom. The van der Waals surface area contributed by atoms with E-state index in [-0.39, 0.29) is 39.9 Å². The second-order valence-corrected chi connectivity index (χ2v) is 6.93. The highest BCUT2D eigenvalue weighted by Gasteiger charge is 2.33. The van der Waals surface area contributed by atoms with Gasteiger partial charge in [-0.1, -0.05) is 11.6 Å². The van der Waals surface area contributed by atoms with Crippen LogP contribution in [0.3, 0.4) is 0 Å². The molecule has 32 heavy (non-hydrogen) atoms. The number of hydrogen-bond acceptors (Lipinski definition) is 6. The molecule has 0 aliphatic carbocycles. The minimum atomic E-state index is -4.67. The lowest BCUT2D eigenvalue weighted by molar-refractivity contribution is -0.137. The summed E-state index contributed by atoms with van der Waals surface area (Å²) in [6.45, 7) is 1.96. The fourth-order valence-electron chi connectivity index (χ4n) is 2.91. The molecule has 0 saturated carbocycles. The number of amides is 1. The van der Waals surface area contributed by atoms with Crippen LogP contribution in [0.5, 0.6) is 11.5 Å². The molecule has 2 aromatic rings. The van der Waals surface area contributed by atoms with Crippen molar-refractivity contribution in [1.82, 2.24) is 0 Å².